The molecular formula is C3H4ClNOS. The van der Waals surface area contributed by atoms with Gasteiger partial charge in [-0.3, -0.25) is 9.17 Å². The molecule has 0 aromatic carbocycles. The normalized spacial score (nSPS) is 7.43. The molecule has 2 nitrogen and oxygen atoms in total. The summed E-state index contributed by atoms with van der Waals surface area (Å²) in [6.07, 6.45) is 0. The van der Waals surface area contributed by atoms with Crippen molar-refractivity contribution in [3.05, 3.63) is 21.8 Å². The van der Waals surface area contributed by atoms with E-state index in [-0.39, 0.29) is 18.0 Å². The van der Waals surface area contributed by atoms with E-state index in [1.165, 1.54) is 17.6 Å². The molecule has 0 atom stereocenters. The average molecular weight is 138 g/mol. The lowest BCUT2D eigenvalue weighted by atomic mass is 10.8. The average Bonchev–Trinajstić information content (AvgIpc) is 1.86. The molecule has 0 aliphatic heterocycles. The van der Waals surface area contributed by atoms with Crippen LogP contribution in [0.3, 0.4) is 0 Å². The first-order valence-corrected chi connectivity index (χ1v) is 2.40. The molecule has 0 aliphatic carbocycles. The number of hydrogen-bond donors (Lipinski definition) is 1. The van der Waals surface area contributed by atoms with Crippen LogP contribution in [0.2, 0.25) is 0 Å². The van der Waals surface area contributed by atoms with Crippen molar-refractivity contribution in [2.45, 2.75) is 0 Å². The molecule has 0 unspecified atom stereocenters. The molecular weight excluding hydrogens is 134 g/mol. The molecule has 40 valence electrons. The summed E-state index contributed by atoms with van der Waals surface area (Å²) >= 11 is 1.30. The van der Waals surface area contributed by atoms with Gasteiger partial charge in [-0.25, -0.2) is 0 Å². The minimum Gasteiger partial charge on any atom is -0.278 e. The summed E-state index contributed by atoms with van der Waals surface area (Å²) in [6.45, 7) is 0. The number of aromatic nitrogens is 1. The molecule has 0 aliphatic rings. The van der Waals surface area contributed by atoms with Crippen LogP contribution in [0.4, 0.5) is 0 Å². The van der Waals surface area contributed by atoms with Crippen molar-refractivity contribution >= 4 is 23.9 Å². The predicted molar refractivity (Wildman–Crippen MR) is 32.2 cm³/mol. The predicted octanol–water partition coefficient (Wildman–Crippen LogP) is 0.858. The smallest absolute Gasteiger partial charge is 0.257 e. The molecule has 0 saturated heterocycles. The lowest BCUT2D eigenvalue weighted by Gasteiger charge is -1.49. The fourth-order valence-corrected chi connectivity index (χ4v) is 0.666. The van der Waals surface area contributed by atoms with Crippen molar-refractivity contribution in [2.75, 3.05) is 0 Å². The van der Waals surface area contributed by atoms with E-state index >= 15 is 0 Å². The largest absolute Gasteiger partial charge is 0.278 e. The maximum atomic E-state index is 10.0. The van der Waals surface area contributed by atoms with E-state index in [1.54, 1.807) is 5.38 Å². The van der Waals surface area contributed by atoms with Gasteiger partial charge in [0.25, 0.3) is 5.56 Å². The number of aromatic amines is 1. The zero-order valence-electron chi connectivity index (χ0n) is 3.38. The first-order chi connectivity index (χ1) is 2.89. The molecule has 1 N–H and O–H groups in total. The molecule has 1 aromatic heterocycles. The Morgan fingerprint density at radius 2 is 2.43 bits per heavy atom. The van der Waals surface area contributed by atoms with Crippen molar-refractivity contribution < 1.29 is 0 Å². The second-order valence-electron chi connectivity index (χ2n) is 0.887. The highest BCUT2D eigenvalue weighted by Gasteiger charge is 1.72. The minimum absolute atomic E-state index is 0. The van der Waals surface area contributed by atoms with Gasteiger partial charge in [0, 0.05) is 11.4 Å². The van der Waals surface area contributed by atoms with E-state index in [0.717, 1.165) is 0 Å². The van der Waals surface area contributed by atoms with Crippen molar-refractivity contribution in [1.82, 2.24) is 4.37 Å². The molecule has 4 heteroatoms. The highest BCUT2D eigenvalue weighted by atomic mass is 35.5. The second kappa shape index (κ2) is 2.82. The van der Waals surface area contributed by atoms with E-state index in [9.17, 15) is 4.79 Å². The molecule has 0 fully saturated rings. The number of H-pyrrole nitrogens is 1. The van der Waals surface area contributed by atoms with Crippen molar-refractivity contribution in [3.8, 4) is 0 Å². The quantitative estimate of drug-likeness (QED) is 0.565. The van der Waals surface area contributed by atoms with Gasteiger partial charge in [0.1, 0.15) is 0 Å². The van der Waals surface area contributed by atoms with Gasteiger partial charge >= 0.3 is 0 Å². The molecule has 7 heavy (non-hydrogen) atoms. The fraction of sp³-hybridized carbons (Fsp3) is 0. The molecule has 0 spiro atoms. The molecule has 0 bridgehead atoms. The van der Waals surface area contributed by atoms with Gasteiger partial charge in [0.05, 0.1) is 0 Å². The topological polar surface area (TPSA) is 32.9 Å². The van der Waals surface area contributed by atoms with Crippen LogP contribution in [-0.2, 0) is 0 Å². The van der Waals surface area contributed by atoms with E-state index in [2.05, 4.69) is 4.37 Å². The lowest BCUT2D eigenvalue weighted by Crippen LogP contribution is -1.90. The van der Waals surface area contributed by atoms with Crippen LogP contribution in [0.25, 0.3) is 0 Å². The summed E-state index contributed by atoms with van der Waals surface area (Å²) in [7, 11) is 0. The minimum atomic E-state index is -0.0139. The maximum absolute atomic E-state index is 10.0. The number of halogens is 1. The molecule has 1 rings (SSSR count). The van der Waals surface area contributed by atoms with Crippen molar-refractivity contribution in [2.24, 2.45) is 0 Å². The van der Waals surface area contributed by atoms with Crippen LogP contribution in [-0.4, -0.2) is 4.37 Å². The SMILES string of the molecule is Cl.O=c1ccs[nH]1. The van der Waals surface area contributed by atoms with Crippen LogP contribution < -0.4 is 5.56 Å². The van der Waals surface area contributed by atoms with Crippen LogP contribution in [0.1, 0.15) is 0 Å². The third-order valence-corrected chi connectivity index (χ3v) is 1.04. The zero-order valence-corrected chi connectivity index (χ0v) is 5.01. The zero-order chi connectivity index (χ0) is 4.41. The molecule has 1 aromatic rings. The number of rotatable bonds is 0. The van der Waals surface area contributed by atoms with Gasteiger partial charge in [0.15, 0.2) is 0 Å². The molecule has 0 amide bonds. The van der Waals surface area contributed by atoms with Gasteiger partial charge in [-0.05, 0) is 0 Å². The Balaban J connectivity index is 0.000000360. The third-order valence-electron chi connectivity index (χ3n) is 0.447. The van der Waals surface area contributed by atoms with E-state index < -0.39 is 0 Å². The fourth-order valence-electron chi connectivity index (χ4n) is 0.222. The summed E-state index contributed by atoms with van der Waals surface area (Å²) in [4.78, 5) is 10.0. The highest BCUT2D eigenvalue weighted by molar-refractivity contribution is 7.03. The van der Waals surface area contributed by atoms with Crippen LogP contribution >= 0.6 is 23.9 Å². The van der Waals surface area contributed by atoms with Gasteiger partial charge in [-0.2, -0.15) is 0 Å². The first kappa shape index (κ1) is 6.72. The monoisotopic (exact) mass is 137 g/mol. The van der Waals surface area contributed by atoms with E-state index in [4.69, 9.17) is 0 Å². The summed E-state index contributed by atoms with van der Waals surface area (Å²) in [5.41, 5.74) is -0.0139. The molecule has 0 saturated carbocycles. The maximum Gasteiger partial charge on any atom is 0.257 e. The van der Waals surface area contributed by atoms with Crippen LogP contribution in [0.5, 0.6) is 0 Å². The Kier molecular flexibility index (Phi) is 2.71. The standard InChI is InChI=1S/C3H3NOS.ClH/c5-3-1-2-6-4-3;/h1-2H,(H,4,5);1H. The Morgan fingerprint density at radius 1 is 1.71 bits per heavy atom. The van der Waals surface area contributed by atoms with Crippen LogP contribution in [0, 0.1) is 0 Å². The Hall–Kier alpha value is -0.280. The summed E-state index contributed by atoms with van der Waals surface area (Å²) < 4.78 is 2.49. The third kappa shape index (κ3) is 1.75. The Labute approximate surface area is 50.7 Å². The first-order valence-electron chi connectivity index (χ1n) is 1.52. The van der Waals surface area contributed by atoms with Gasteiger partial charge in [0.2, 0.25) is 0 Å². The van der Waals surface area contributed by atoms with E-state index in [1.807, 2.05) is 0 Å². The highest BCUT2D eigenvalue weighted by Crippen LogP contribution is 1.77. The molecule has 0 radical (unpaired) electrons. The molecule has 1 heterocycles. The lowest BCUT2D eigenvalue weighted by molar-refractivity contribution is 1.43. The Morgan fingerprint density at radius 3 is 2.57 bits per heavy atom. The van der Waals surface area contributed by atoms with Crippen molar-refractivity contribution in [1.29, 1.82) is 0 Å². The van der Waals surface area contributed by atoms with Crippen molar-refractivity contribution in [3.63, 3.8) is 0 Å². The summed E-state index contributed by atoms with van der Waals surface area (Å²) in [5, 5.41) is 1.71. The van der Waals surface area contributed by atoms with Gasteiger partial charge in [-0.1, -0.05) is 11.5 Å². The van der Waals surface area contributed by atoms with Crippen LogP contribution in [0.15, 0.2) is 16.2 Å². The Bertz CT molecular complexity index is 153. The van der Waals surface area contributed by atoms with Gasteiger partial charge < -0.3 is 0 Å². The summed E-state index contributed by atoms with van der Waals surface area (Å²) in [6, 6.07) is 1.49. The second-order valence-corrected chi connectivity index (χ2v) is 1.60. The number of nitrogens with one attached hydrogen (secondary N) is 1. The van der Waals surface area contributed by atoms with E-state index in [0.29, 0.717) is 0 Å². The van der Waals surface area contributed by atoms with Gasteiger partial charge in [-0.15, -0.1) is 12.4 Å². The number of hydrogen-bond acceptors (Lipinski definition) is 2. The summed E-state index contributed by atoms with van der Waals surface area (Å²) in [5.74, 6) is 0.